The van der Waals surface area contributed by atoms with E-state index in [1.54, 1.807) is 46.4 Å². The van der Waals surface area contributed by atoms with E-state index >= 15 is 0 Å². The Hall–Kier alpha value is -4.48. The molecule has 2 aromatic carbocycles. The Morgan fingerprint density at radius 2 is 1.45 bits per heavy atom. The third-order valence-electron chi connectivity index (χ3n) is 7.50. The molecule has 12 heteroatoms. The summed E-state index contributed by atoms with van der Waals surface area (Å²) in [5, 5.41) is 5.26. The van der Waals surface area contributed by atoms with Crippen LogP contribution in [0.2, 0.25) is 0 Å². The highest BCUT2D eigenvalue weighted by Gasteiger charge is 2.44. The molecular weight excluding hydrogens is 604 g/mol. The molecule has 2 atom stereocenters. The molecule has 47 heavy (non-hydrogen) atoms. The number of ether oxygens (including phenoxy) is 4. The highest BCUT2D eigenvalue weighted by Crippen LogP contribution is 2.27. The van der Waals surface area contributed by atoms with Crippen molar-refractivity contribution in [1.82, 2.24) is 20.4 Å². The number of alkyl carbamates (subject to hydrolysis) is 1. The van der Waals surface area contributed by atoms with Gasteiger partial charge in [-0.2, -0.15) is 0 Å². The first-order chi connectivity index (χ1) is 22.1. The molecule has 0 spiro atoms. The van der Waals surface area contributed by atoms with Gasteiger partial charge >= 0.3 is 12.2 Å². The van der Waals surface area contributed by atoms with E-state index in [9.17, 15) is 19.2 Å². The van der Waals surface area contributed by atoms with E-state index in [0.29, 0.717) is 32.5 Å². The lowest BCUT2D eigenvalue weighted by Crippen LogP contribution is -2.51. The third-order valence-corrected chi connectivity index (χ3v) is 7.50. The van der Waals surface area contributed by atoms with E-state index in [-0.39, 0.29) is 31.5 Å². The van der Waals surface area contributed by atoms with Crippen molar-refractivity contribution >= 4 is 24.0 Å². The number of carbonyl (C=O) groups is 4. The van der Waals surface area contributed by atoms with Crippen LogP contribution in [0.3, 0.4) is 0 Å². The first-order valence-electron chi connectivity index (χ1n) is 16.1. The molecule has 256 valence electrons. The fraction of sp³-hybridized carbons (Fsp3) is 0.543. The maximum atomic E-state index is 13.8. The molecule has 2 aliphatic rings. The predicted octanol–water partition coefficient (Wildman–Crippen LogP) is 4.65. The van der Waals surface area contributed by atoms with Gasteiger partial charge in [0.2, 0.25) is 11.8 Å². The Morgan fingerprint density at radius 3 is 2.06 bits per heavy atom. The molecule has 0 saturated carbocycles. The molecule has 2 heterocycles. The summed E-state index contributed by atoms with van der Waals surface area (Å²) in [6, 6.07) is 16.2. The number of hydrogen-bond acceptors (Lipinski definition) is 8. The van der Waals surface area contributed by atoms with Crippen LogP contribution in [0.4, 0.5) is 9.59 Å². The third kappa shape index (κ3) is 11.4. The van der Waals surface area contributed by atoms with Crippen LogP contribution in [0.5, 0.6) is 11.5 Å². The zero-order chi connectivity index (χ0) is 34.2. The van der Waals surface area contributed by atoms with Gasteiger partial charge in [0.1, 0.15) is 48.0 Å². The number of likely N-dealkylation sites (tertiary alicyclic amines) is 2. The topological polar surface area (TPSA) is 136 Å². The molecule has 2 fully saturated rings. The van der Waals surface area contributed by atoms with Crippen molar-refractivity contribution in [3.05, 3.63) is 60.2 Å². The second kappa shape index (κ2) is 15.4. The van der Waals surface area contributed by atoms with Gasteiger partial charge in [0.15, 0.2) is 0 Å². The number of piperidine rings is 1. The van der Waals surface area contributed by atoms with Crippen LogP contribution in [0.25, 0.3) is 0 Å². The molecule has 2 N–H and O–H groups in total. The summed E-state index contributed by atoms with van der Waals surface area (Å²) in [6.45, 7) is 11.7. The maximum absolute atomic E-state index is 13.8. The van der Waals surface area contributed by atoms with Crippen molar-refractivity contribution in [3.8, 4) is 11.5 Å². The Bertz CT molecular complexity index is 1360. The summed E-state index contributed by atoms with van der Waals surface area (Å²) in [6.07, 6.45) is 0.103. The minimum absolute atomic E-state index is 0.0646. The van der Waals surface area contributed by atoms with Gasteiger partial charge in [-0.3, -0.25) is 14.5 Å². The molecular formula is C35H48N4O8. The molecule has 0 radical (unpaired) electrons. The van der Waals surface area contributed by atoms with Gasteiger partial charge in [0.05, 0.1) is 0 Å². The maximum Gasteiger partial charge on any atom is 0.411 e. The average Bonchev–Trinajstić information content (AvgIpc) is 3.42. The smallest absolute Gasteiger partial charge is 0.411 e. The largest absolute Gasteiger partial charge is 0.490 e. The van der Waals surface area contributed by atoms with E-state index in [2.05, 4.69) is 10.6 Å². The standard InChI is InChI=1S/C35H48N4O8/c1-34(2,3)46-32(42)36-21-30(40)37-25-20-29(39(22-25)33(43)47-35(4,5)6)31(41)38-18-16-28(17-19-38)45-27-14-12-26(13-15-27)44-23-24-10-8-7-9-11-24/h7-15,25,28-29H,16-23H2,1-6H3,(H,36,42)(H,37,40)/t25-,29+/m1/s1. The average molecular weight is 653 g/mol. The van der Waals surface area contributed by atoms with Gasteiger partial charge in [-0.15, -0.1) is 0 Å². The molecule has 0 aromatic heterocycles. The first kappa shape index (κ1) is 35.4. The Morgan fingerprint density at radius 1 is 0.830 bits per heavy atom. The molecule has 2 aliphatic heterocycles. The Kier molecular flexibility index (Phi) is 11.6. The van der Waals surface area contributed by atoms with Crippen molar-refractivity contribution < 1.29 is 38.1 Å². The number of nitrogens with one attached hydrogen (secondary N) is 2. The molecule has 0 bridgehead atoms. The lowest BCUT2D eigenvalue weighted by molar-refractivity contribution is -0.137. The van der Waals surface area contributed by atoms with Crippen LogP contribution in [0, 0.1) is 0 Å². The lowest BCUT2D eigenvalue weighted by Gasteiger charge is -2.35. The van der Waals surface area contributed by atoms with Crippen LogP contribution in [0.15, 0.2) is 54.6 Å². The second-order valence-corrected chi connectivity index (χ2v) is 13.9. The van der Waals surface area contributed by atoms with Gasteiger partial charge < -0.3 is 34.5 Å². The molecule has 0 unspecified atom stereocenters. The molecule has 2 saturated heterocycles. The summed E-state index contributed by atoms with van der Waals surface area (Å²) >= 11 is 0. The number of carbonyl (C=O) groups excluding carboxylic acids is 4. The van der Waals surface area contributed by atoms with Gasteiger partial charge in [-0.05, 0) is 77.8 Å². The molecule has 0 aliphatic carbocycles. The van der Waals surface area contributed by atoms with Crippen molar-refractivity contribution in [3.63, 3.8) is 0 Å². The van der Waals surface area contributed by atoms with Crippen molar-refractivity contribution in [2.75, 3.05) is 26.2 Å². The fourth-order valence-corrected chi connectivity index (χ4v) is 5.39. The van der Waals surface area contributed by atoms with Crippen molar-refractivity contribution in [2.45, 2.75) is 96.8 Å². The van der Waals surface area contributed by atoms with Crippen molar-refractivity contribution in [1.29, 1.82) is 0 Å². The van der Waals surface area contributed by atoms with Crippen molar-refractivity contribution in [2.24, 2.45) is 0 Å². The highest BCUT2D eigenvalue weighted by molar-refractivity contribution is 5.87. The van der Waals surface area contributed by atoms with Gasteiger partial charge in [0.25, 0.3) is 0 Å². The normalized spacial score (nSPS) is 18.7. The van der Waals surface area contributed by atoms with E-state index in [0.717, 1.165) is 17.1 Å². The van der Waals surface area contributed by atoms with E-state index in [1.165, 1.54) is 4.90 Å². The Balaban J connectivity index is 1.29. The first-order valence-corrected chi connectivity index (χ1v) is 16.1. The Labute approximate surface area is 277 Å². The molecule has 4 amide bonds. The number of rotatable bonds is 9. The molecule has 4 rings (SSSR count). The summed E-state index contributed by atoms with van der Waals surface area (Å²) < 4.78 is 22.8. The zero-order valence-corrected chi connectivity index (χ0v) is 28.2. The number of amides is 4. The molecule has 12 nitrogen and oxygen atoms in total. The minimum Gasteiger partial charge on any atom is -0.490 e. The predicted molar refractivity (Wildman–Crippen MR) is 175 cm³/mol. The van der Waals surface area contributed by atoms with Gasteiger partial charge in [-0.1, -0.05) is 30.3 Å². The van der Waals surface area contributed by atoms with Crippen LogP contribution in [-0.4, -0.2) is 89.4 Å². The summed E-state index contributed by atoms with van der Waals surface area (Å²) in [5.74, 6) is 0.833. The summed E-state index contributed by atoms with van der Waals surface area (Å²) in [4.78, 5) is 54.6. The minimum atomic E-state index is -0.796. The van der Waals surface area contributed by atoms with Gasteiger partial charge in [0, 0.05) is 38.5 Å². The molecule has 2 aromatic rings. The number of nitrogens with zero attached hydrogens (tertiary/aromatic N) is 2. The number of benzene rings is 2. The number of hydrogen-bond donors (Lipinski definition) is 2. The van der Waals surface area contributed by atoms with E-state index < -0.39 is 41.4 Å². The van der Waals surface area contributed by atoms with Crippen LogP contribution in [0.1, 0.15) is 66.4 Å². The quantitative estimate of drug-likeness (QED) is 0.400. The van der Waals surface area contributed by atoms with Crippen LogP contribution >= 0.6 is 0 Å². The van der Waals surface area contributed by atoms with E-state index in [4.69, 9.17) is 18.9 Å². The SMILES string of the molecule is CC(C)(C)OC(=O)NCC(=O)N[C@@H]1C[C@@H](C(=O)N2CCC(Oc3ccc(OCc4ccccc4)cc3)CC2)N(C(=O)OC(C)(C)C)C1. The zero-order valence-electron chi connectivity index (χ0n) is 28.2. The lowest BCUT2D eigenvalue weighted by atomic mass is 10.0. The van der Waals surface area contributed by atoms with E-state index in [1.807, 2.05) is 54.6 Å². The second-order valence-electron chi connectivity index (χ2n) is 13.9. The summed E-state index contributed by atoms with van der Waals surface area (Å²) in [7, 11) is 0. The van der Waals surface area contributed by atoms with Crippen LogP contribution in [-0.2, 0) is 25.7 Å². The van der Waals surface area contributed by atoms with Crippen LogP contribution < -0.4 is 20.1 Å². The highest BCUT2D eigenvalue weighted by atomic mass is 16.6. The monoisotopic (exact) mass is 652 g/mol. The fourth-order valence-electron chi connectivity index (χ4n) is 5.39. The summed E-state index contributed by atoms with van der Waals surface area (Å²) in [5.41, 5.74) is -0.364. The van der Waals surface area contributed by atoms with Gasteiger partial charge in [-0.25, -0.2) is 9.59 Å².